The number of allylic oxidation sites excluding steroid dienone is 1. The molecule has 5 nitrogen and oxygen atoms in total. The van der Waals surface area contributed by atoms with Crippen LogP contribution >= 0.6 is 11.6 Å². The van der Waals surface area contributed by atoms with E-state index in [0.29, 0.717) is 0 Å². The van der Waals surface area contributed by atoms with Gasteiger partial charge in [-0.1, -0.05) is 17.7 Å². The first-order valence-electron chi connectivity index (χ1n) is 5.88. The molecule has 8 heteroatoms. The summed E-state index contributed by atoms with van der Waals surface area (Å²) in [5.41, 5.74) is -0.251. The van der Waals surface area contributed by atoms with Gasteiger partial charge in [-0.2, -0.15) is 0 Å². The van der Waals surface area contributed by atoms with Crippen molar-refractivity contribution in [3.05, 3.63) is 45.0 Å². The number of alkyl halides is 2. The van der Waals surface area contributed by atoms with Gasteiger partial charge in [0.1, 0.15) is 5.02 Å². The first-order valence-corrected chi connectivity index (χ1v) is 6.25. The van der Waals surface area contributed by atoms with Crippen molar-refractivity contribution in [3.63, 3.8) is 0 Å². The Balaban J connectivity index is 2.47. The highest BCUT2D eigenvalue weighted by Gasteiger charge is 2.58. The second-order valence-corrected chi connectivity index (χ2v) is 4.97. The molecule has 0 amide bonds. The zero-order chi connectivity index (χ0) is 15.8. The van der Waals surface area contributed by atoms with Crippen LogP contribution in [0.15, 0.2) is 24.3 Å². The summed E-state index contributed by atoms with van der Waals surface area (Å²) in [5, 5.41) is 10.7. The van der Waals surface area contributed by atoms with Crippen LogP contribution in [0.1, 0.15) is 12.0 Å². The number of benzene rings is 1. The number of nitro groups is 1. The van der Waals surface area contributed by atoms with E-state index in [2.05, 4.69) is 4.74 Å². The van der Waals surface area contributed by atoms with Crippen molar-refractivity contribution in [1.29, 1.82) is 0 Å². The van der Waals surface area contributed by atoms with E-state index in [-0.39, 0.29) is 16.2 Å². The van der Waals surface area contributed by atoms with E-state index >= 15 is 0 Å². The van der Waals surface area contributed by atoms with Crippen LogP contribution in [0.3, 0.4) is 0 Å². The normalized spacial score (nSPS) is 20.0. The third-order valence-corrected chi connectivity index (χ3v) is 3.47. The zero-order valence-corrected chi connectivity index (χ0v) is 11.6. The third-order valence-electron chi connectivity index (χ3n) is 3.15. The second kappa shape index (κ2) is 5.40. The lowest BCUT2D eigenvalue weighted by Crippen LogP contribution is -2.03. The van der Waals surface area contributed by atoms with E-state index in [4.69, 9.17) is 11.6 Å². The fourth-order valence-electron chi connectivity index (χ4n) is 1.95. The van der Waals surface area contributed by atoms with E-state index in [1.165, 1.54) is 12.1 Å². The van der Waals surface area contributed by atoms with Crippen LogP contribution in [0.2, 0.25) is 5.02 Å². The number of nitrogens with zero attached hydrogens (tertiary/aromatic N) is 1. The van der Waals surface area contributed by atoms with Gasteiger partial charge >= 0.3 is 5.97 Å². The van der Waals surface area contributed by atoms with Crippen molar-refractivity contribution in [3.8, 4) is 0 Å². The van der Waals surface area contributed by atoms with Gasteiger partial charge in [0.2, 0.25) is 0 Å². The largest absolute Gasteiger partial charge is 0.466 e. The number of hydrogen-bond acceptors (Lipinski definition) is 4. The Morgan fingerprint density at radius 1 is 1.57 bits per heavy atom. The Bertz CT molecular complexity index is 645. The summed E-state index contributed by atoms with van der Waals surface area (Å²) in [6.45, 7) is 0. The number of halogens is 3. The smallest absolute Gasteiger partial charge is 0.330 e. The Kier molecular flexibility index (Phi) is 3.95. The van der Waals surface area contributed by atoms with Crippen LogP contribution in [-0.4, -0.2) is 23.9 Å². The molecule has 0 N–H and O–H groups in total. The average molecular weight is 318 g/mol. The van der Waals surface area contributed by atoms with E-state index in [1.54, 1.807) is 0 Å². The maximum Gasteiger partial charge on any atom is 0.330 e. The lowest BCUT2D eigenvalue weighted by atomic mass is 10.00. The van der Waals surface area contributed by atoms with Gasteiger partial charge < -0.3 is 4.74 Å². The van der Waals surface area contributed by atoms with E-state index in [1.807, 2.05) is 0 Å². The number of methoxy groups -OCH3 is 1. The number of carbonyl (C=O) groups excluding carboxylic acids is 1. The summed E-state index contributed by atoms with van der Waals surface area (Å²) < 4.78 is 31.0. The maximum absolute atomic E-state index is 13.3. The molecule has 1 aliphatic rings. The van der Waals surface area contributed by atoms with Crippen LogP contribution < -0.4 is 0 Å². The molecule has 1 aliphatic carbocycles. The minimum atomic E-state index is -2.92. The number of rotatable bonds is 4. The standard InChI is InChI=1S/C13H10ClF2NO4/c1-21-12(18)5-8(9-6-13(9,15)16)7-2-3-10(14)11(4-7)17(19)20/h2-5,9H,6H2,1H3. The molecule has 1 fully saturated rings. The molecule has 2 rings (SSSR count). The molecule has 112 valence electrons. The molecular weight excluding hydrogens is 308 g/mol. The maximum atomic E-state index is 13.3. The van der Waals surface area contributed by atoms with Crippen LogP contribution in [0, 0.1) is 16.0 Å². The molecule has 0 spiro atoms. The van der Waals surface area contributed by atoms with Crippen molar-refractivity contribution in [1.82, 2.24) is 0 Å². The monoisotopic (exact) mass is 317 g/mol. The summed E-state index contributed by atoms with van der Waals surface area (Å²) in [4.78, 5) is 21.5. The number of ether oxygens (including phenoxy) is 1. The van der Waals surface area contributed by atoms with Gasteiger partial charge in [-0.3, -0.25) is 10.1 Å². The van der Waals surface area contributed by atoms with Crippen LogP contribution in [0.5, 0.6) is 0 Å². The fraction of sp³-hybridized carbons (Fsp3) is 0.308. The predicted octanol–water partition coefficient (Wildman–Crippen LogP) is 3.46. The molecule has 0 saturated heterocycles. The molecule has 1 unspecified atom stereocenters. The number of nitro benzene ring substituents is 1. The highest BCUT2D eigenvalue weighted by Crippen LogP contribution is 2.55. The van der Waals surface area contributed by atoms with E-state index in [0.717, 1.165) is 19.3 Å². The lowest BCUT2D eigenvalue weighted by Gasteiger charge is -2.07. The lowest BCUT2D eigenvalue weighted by molar-refractivity contribution is -0.384. The van der Waals surface area contributed by atoms with Gasteiger partial charge in [0.05, 0.1) is 18.0 Å². The minimum Gasteiger partial charge on any atom is -0.466 e. The summed E-state index contributed by atoms with van der Waals surface area (Å²) in [7, 11) is 1.12. The van der Waals surface area contributed by atoms with Crippen molar-refractivity contribution < 1.29 is 23.2 Å². The molecule has 1 saturated carbocycles. The van der Waals surface area contributed by atoms with Gasteiger partial charge in [-0.15, -0.1) is 0 Å². The van der Waals surface area contributed by atoms with Gasteiger partial charge in [0.15, 0.2) is 0 Å². The Hall–Kier alpha value is -2.02. The quantitative estimate of drug-likeness (QED) is 0.369. The Labute approximate surface area is 123 Å². The van der Waals surface area contributed by atoms with Crippen molar-refractivity contribution in [2.24, 2.45) is 5.92 Å². The van der Waals surface area contributed by atoms with Crippen molar-refractivity contribution >= 4 is 28.8 Å². The van der Waals surface area contributed by atoms with E-state index < -0.39 is 34.8 Å². The SMILES string of the molecule is COC(=O)C=C(c1ccc(Cl)c([N+](=O)[O-])c1)C1CC1(F)F. The topological polar surface area (TPSA) is 69.4 Å². The van der Waals surface area contributed by atoms with E-state index in [9.17, 15) is 23.7 Å². The highest BCUT2D eigenvalue weighted by atomic mass is 35.5. The Morgan fingerprint density at radius 2 is 2.19 bits per heavy atom. The summed E-state index contributed by atoms with van der Waals surface area (Å²) >= 11 is 5.68. The van der Waals surface area contributed by atoms with Gasteiger partial charge in [0, 0.05) is 18.6 Å². The molecule has 0 bridgehead atoms. The molecule has 0 radical (unpaired) electrons. The minimum absolute atomic E-state index is 0.00613. The predicted molar refractivity (Wildman–Crippen MR) is 71.2 cm³/mol. The molecular formula is C13H10ClF2NO4. The Morgan fingerprint density at radius 3 is 2.67 bits per heavy atom. The molecule has 0 aromatic heterocycles. The van der Waals surface area contributed by atoms with Crippen LogP contribution in [0.4, 0.5) is 14.5 Å². The third kappa shape index (κ3) is 3.18. The number of hydrogen-bond donors (Lipinski definition) is 0. The summed E-state index contributed by atoms with van der Waals surface area (Å²) in [6.07, 6.45) is 0.519. The number of carbonyl (C=O) groups is 1. The molecule has 0 heterocycles. The first kappa shape index (κ1) is 15.4. The van der Waals surface area contributed by atoms with Gasteiger partial charge in [-0.05, 0) is 17.2 Å². The first-order chi connectivity index (χ1) is 9.76. The molecule has 1 aromatic rings. The highest BCUT2D eigenvalue weighted by molar-refractivity contribution is 6.32. The average Bonchev–Trinajstić information content (AvgIpc) is 3.04. The molecule has 21 heavy (non-hydrogen) atoms. The van der Waals surface area contributed by atoms with Crippen molar-refractivity contribution in [2.45, 2.75) is 12.3 Å². The fourth-order valence-corrected chi connectivity index (χ4v) is 2.14. The van der Waals surface area contributed by atoms with Crippen LogP contribution in [0.25, 0.3) is 5.57 Å². The molecule has 1 aromatic carbocycles. The summed E-state index contributed by atoms with van der Waals surface area (Å²) in [5.74, 6) is -4.88. The van der Waals surface area contributed by atoms with Gasteiger partial charge in [-0.25, -0.2) is 13.6 Å². The molecule has 1 atom stereocenters. The second-order valence-electron chi connectivity index (χ2n) is 4.56. The number of esters is 1. The van der Waals surface area contributed by atoms with Crippen LogP contribution in [-0.2, 0) is 9.53 Å². The van der Waals surface area contributed by atoms with Gasteiger partial charge in [0.25, 0.3) is 11.6 Å². The zero-order valence-electron chi connectivity index (χ0n) is 10.8. The summed E-state index contributed by atoms with van der Waals surface area (Å²) in [6, 6.07) is 3.67. The molecule has 0 aliphatic heterocycles. The van der Waals surface area contributed by atoms with Crippen molar-refractivity contribution in [2.75, 3.05) is 7.11 Å².